The molecule has 4 fully saturated rings. The zero-order chi connectivity index (χ0) is 25.0. The lowest BCUT2D eigenvalue weighted by Gasteiger charge is -2.37. The molecule has 1 saturated heterocycles. The van der Waals surface area contributed by atoms with Gasteiger partial charge in [0.1, 0.15) is 0 Å². The van der Waals surface area contributed by atoms with E-state index < -0.39 is 0 Å². The second-order valence-electron chi connectivity index (χ2n) is 11.3. The number of likely N-dealkylation sites (tertiary alicyclic amines) is 1. The minimum absolute atomic E-state index is 0.0379. The third kappa shape index (κ3) is 3.87. The lowest BCUT2D eigenvalue weighted by Crippen LogP contribution is -2.44. The molecule has 2 bridgehead atoms. The number of nitrogens with one attached hydrogen (secondary N) is 1. The van der Waals surface area contributed by atoms with E-state index in [1.165, 1.54) is 6.42 Å². The van der Waals surface area contributed by atoms with E-state index in [1.807, 2.05) is 6.92 Å². The first kappa shape index (κ1) is 23.4. The summed E-state index contributed by atoms with van der Waals surface area (Å²) in [5, 5.41) is 2.96. The van der Waals surface area contributed by atoms with Crippen LogP contribution < -0.4 is 5.32 Å². The summed E-state index contributed by atoms with van der Waals surface area (Å²) in [6.45, 7) is 2.45. The summed E-state index contributed by atoms with van der Waals surface area (Å²) in [6, 6.07) is 6.67. The van der Waals surface area contributed by atoms with Gasteiger partial charge >= 0.3 is 5.97 Å². The summed E-state index contributed by atoms with van der Waals surface area (Å²) in [4.78, 5) is 53.3. The number of ether oxygens (including phenoxy) is 1. The van der Waals surface area contributed by atoms with Crippen molar-refractivity contribution in [3.05, 3.63) is 42.0 Å². The summed E-state index contributed by atoms with van der Waals surface area (Å²) in [5.74, 6) is 0.932. The summed E-state index contributed by atoms with van der Waals surface area (Å²) in [6.07, 6.45) is 10.0. The number of hydrogen-bond donors (Lipinski definition) is 1. The fourth-order valence-electron chi connectivity index (χ4n) is 7.26. The molecule has 7 heteroatoms. The van der Waals surface area contributed by atoms with Crippen LogP contribution in [-0.2, 0) is 19.1 Å². The fraction of sp³-hybridized carbons (Fsp3) is 0.586. The van der Waals surface area contributed by atoms with Gasteiger partial charge in [-0.3, -0.25) is 19.3 Å². The molecule has 7 nitrogen and oxygen atoms in total. The molecular formula is C29H34N2O5. The van der Waals surface area contributed by atoms with Crippen LogP contribution >= 0.6 is 0 Å². The highest BCUT2D eigenvalue weighted by atomic mass is 16.5. The Morgan fingerprint density at radius 2 is 1.56 bits per heavy atom. The molecule has 1 aromatic rings. The van der Waals surface area contributed by atoms with Gasteiger partial charge in [0.15, 0.2) is 0 Å². The Balaban J connectivity index is 1.02. The smallest absolute Gasteiger partial charge is 0.338 e. The van der Waals surface area contributed by atoms with E-state index in [0.717, 1.165) is 12.8 Å². The number of esters is 1. The van der Waals surface area contributed by atoms with Crippen molar-refractivity contribution in [1.29, 1.82) is 0 Å². The van der Waals surface area contributed by atoms with Crippen LogP contribution in [0, 0.1) is 41.4 Å². The van der Waals surface area contributed by atoms with Crippen molar-refractivity contribution < 1.29 is 23.9 Å². The number of anilines is 1. The van der Waals surface area contributed by atoms with Gasteiger partial charge in [0, 0.05) is 17.6 Å². The normalized spacial score (nSPS) is 35.9. The predicted molar refractivity (Wildman–Crippen MR) is 133 cm³/mol. The topological polar surface area (TPSA) is 92.8 Å². The molecule has 3 amide bonds. The molecule has 6 atom stereocenters. The highest BCUT2D eigenvalue weighted by Gasteiger charge is 2.67. The third-order valence-corrected chi connectivity index (χ3v) is 9.25. The van der Waals surface area contributed by atoms with Crippen molar-refractivity contribution in [2.75, 3.05) is 11.9 Å². The van der Waals surface area contributed by atoms with Gasteiger partial charge in [0.25, 0.3) is 0 Å². The minimum atomic E-state index is -0.355. The Hall–Kier alpha value is -2.96. The van der Waals surface area contributed by atoms with Crippen molar-refractivity contribution >= 4 is 29.4 Å². The number of rotatable bonds is 7. The van der Waals surface area contributed by atoms with Gasteiger partial charge in [-0.15, -0.1) is 0 Å². The molecule has 190 valence electrons. The first-order valence-electron chi connectivity index (χ1n) is 13.6. The molecule has 1 aliphatic heterocycles. The lowest BCUT2D eigenvalue weighted by atomic mass is 9.63. The van der Waals surface area contributed by atoms with Crippen LogP contribution in [0.4, 0.5) is 5.69 Å². The van der Waals surface area contributed by atoms with E-state index in [1.54, 1.807) is 29.2 Å². The predicted octanol–water partition coefficient (Wildman–Crippen LogP) is 4.19. The number of imide groups is 1. The van der Waals surface area contributed by atoms with Gasteiger partial charge < -0.3 is 10.1 Å². The molecule has 36 heavy (non-hydrogen) atoms. The first-order valence-corrected chi connectivity index (χ1v) is 13.6. The Bertz CT molecular complexity index is 1070. The van der Waals surface area contributed by atoms with E-state index in [9.17, 15) is 19.2 Å². The number of unbranched alkanes of at least 4 members (excludes halogenated alkanes) is 1. The van der Waals surface area contributed by atoms with Gasteiger partial charge in [-0.25, -0.2) is 4.79 Å². The molecule has 7 rings (SSSR count). The van der Waals surface area contributed by atoms with Gasteiger partial charge in [-0.1, -0.05) is 25.5 Å². The maximum atomic E-state index is 13.4. The van der Waals surface area contributed by atoms with Crippen LogP contribution in [0.3, 0.4) is 0 Å². The molecule has 1 heterocycles. The highest BCUT2D eigenvalue weighted by molar-refractivity contribution is 6.06. The summed E-state index contributed by atoms with van der Waals surface area (Å²) >= 11 is 0. The molecule has 0 unspecified atom stereocenters. The molecule has 1 N–H and O–H groups in total. The second kappa shape index (κ2) is 9.16. The summed E-state index contributed by atoms with van der Waals surface area (Å²) < 4.78 is 5.22. The number of carbonyl (C=O) groups is 4. The zero-order valence-electron chi connectivity index (χ0n) is 20.7. The Morgan fingerprint density at radius 3 is 2.14 bits per heavy atom. The van der Waals surface area contributed by atoms with Gasteiger partial charge in [-0.2, -0.15) is 0 Å². The molecule has 0 spiro atoms. The first-order chi connectivity index (χ1) is 17.5. The maximum absolute atomic E-state index is 13.4. The lowest BCUT2D eigenvalue weighted by molar-refractivity contribution is -0.144. The number of amides is 3. The van der Waals surface area contributed by atoms with Gasteiger partial charge in [0.05, 0.1) is 24.0 Å². The average molecular weight is 491 g/mol. The van der Waals surface area contributed by atoms with Crippen LogP contribution in [-0.4, -0.2) is 41.2 Å². The SMILES string of the molecule is CCCCOC(=O)c1ccc(NC(=O)C2CCC(N3C(=O)[C@H]4[C@@H]5C=C[C@H]([C@H]6C[C@H]56)[C@@H]4C3=O)CC2)cc1. The van der Waals surface area contributed by atoms with E-state index >= 15 is 0 Å². The van der Waals surface area contributed by atoms with Crippen LogP contribution in [0.15, 0.2) is 36.4 Å². The van der Waals surface area contributed by atoms with Crippen LogP contribution in [0.25, 0.3) is 0 Å². The summed E-state index contributed by atoms with van der Waals surface area (Å²) in [7, 11) is 0. The molecule has 5 aliphatic carbocycles. The van der Waals surface area contributed by atoms with Crippen molar-refractivity contribution in [3.63, 3.8) is 0 Å². The van der Waals surface area contributed by atoms with Crippen molar-refractivity contribution in [1.82, 2.24) is 4.90 Å². The molecular weight excluding hydrogens is 456 g/mol. The maximum Gasteiger partial charge on any atom is 0.338 e. The largest absolute Gasteiger partial charge is 0.462 e. The van der Waals surface area contributed by atoms with E-state index in [2.05, 4.69) is 17.5 Å². The van der Waals surface area contributed by atoms with Crippen molar-refractivity contribution in [2.24, 2.45) is 41.4 Å². The van der Waals surface area contributed by atoms with Crippen LogP contribution in [0.1, 0.15) is 62.2 Å². The monoisotopic (exact) mass is 490 g/mol. The van der Waals surface area contributed by atoms with Crippen molar-refractivity contribution in [2.45, 2.75) is 57.9 Å². The van der Waals surface area contributed by atoms with Gasteiger partial charge in [-0.05, 0) is 86.5 Å². The number of nitrogens with zero attached hydrogens (tertiary/aromatic N) is 1. The average Bonchev–Trinajstić information content (AvgIpc) is 3.67. The van der Waals surface area contributed by atoms with E-state index in [0.29, 0.717) is 55.4 Å². The zero-order valence-corrected chi connectivity index (χ0v) is 20.7. The Morgan fingerprint density at radius 1 is 0.944 bits per heavy atom. The Kier molecular flexibility index (Phi) is 5.97. The minimum Gasteiger partial charge on any atom is -0.462 e. The quantitative estimate of drug-likeness (QED) is 0.268. The number of hydrogen-bond acceptors (Lipinski definition) is 5. The van der Waals surface area contributed by atoms with Crippen LogP contribution in [0.5, 0.6) is 0 Å². The molecule has 3 saturated carbocycles. The number of carbonyl (C=O) groups excluding carboxylic acids is 4. The Labute approximate surface area is 211 Å². The van der Waals surface area contributed by atoms with E-state index in [-0.39, 0.29) is 59.3 Å². The molecule has 0 radical (unpaired) electrons. The third-order valence-electron chi connectivity index (χ3n) is 9.25. The molecule has 6 aliphatic rings. The van der Waals surface area contributed by atoms with E-state index in [4.69, 9.17) is 4.74 Å². The standard InChI is InChI=1S/C29H34N2O5/c1-2-3-14-36-29(35)17-4-8-18(9-5-17)30-26(32)16-6-10-19(11-7-16)31-27(33)24-20-12-13-21(23-15-22(20)23)25(24)28(31)34/h4-5,8-9,12-13,16,19-25H,2-3,6-7,10-11,14-15H2,1H3,(H,30,32)/t16?,19?,20-,21-,22-,23-,24+,25+/m1/s1. The number of allylic oxidation sites excluding steroid dienone is 2. The second-order valence-corrected chi connectivity index (χ2v) is 11.3. The highest BCUT2D eigenvalue weighted by Crippen LogP contribution is 2.65. The molecule has 0 aromatic heterocycles. The van der Waals surface area contributed by atoms with Crippen LogP contribution in [0.2, 0.25) is 0 Å². The number of benzene rings is 1. The van der Waals surface area contributed by atoms with Crippen molar-refractivity contribution in [3.8, 4) is 0 Å². The summed E-state index contributed by atoms with van der Waals surface area (Å²) in [5.41, 5.74) is 1.11. The molecule has 1 aromatic carbocycles. The van der Waals surface area contributed by atoms with Gasteiger partial charge in [0.2, 0.25) is 17.7 Å². The fourth-order valence-corrected chi connectivity index (χ4v) is 7.26.